The van der Waals surface area contributed by atoms with Gasteiger partial charge in [0, 0.05) is 10.9 Å². The Kier molecular flexibility index (Phi) is 5.36. The molecule has 0 spiro atoms. The van der Waals surface area contributed by atoms with Gasteiger partial charge in [0.1, 0.15) is 6.54 Å². The van der Waals surface area contributed by atoms with E-state index in [0.29, 0.717) is 16.4 Å². The summed E-state index contributed by atoms with van der Waals surface area (Å²) in [6.45, 7) is 2.12. The van der Waals surface area contributed by atoms with E-state index in [1.54, 1.807) is 17.6 Å². The largest absolute Gasteiger partial charge is 0.465 e. The van der Waals surface area contributed by atoms with Gasteiger partial charge in [-0.25, -0.2) is 0 Å². The van der Waals surface area contributed by atoms with Crippen LogP contribution in [0.4, 0.5) is 0 Å². The molecule has 0 unspecified atom stereocenters. The average molecular weight is 367 g/mol. The Morgan fingerprint density at radius 1 is 1.38 bits per heavy atom. The fourth-order valence-corrected chi connectivity index (χ4v) is 4.29. The van der Waals surface area contributed by atoms with Crippen molar-refractivity contribution in [1.82, 2.24) is 4.57 Å². The highest BCUT2D eigenvalue weighted by Crippen LogP contribution is 2.26. The molecular weight excluding hydrogens is 348 g/mol. The Morgan fingerprint density at radius 3 is 2.83 bits per heavy atom. The first-order chi connectivity index (χ1) is 11.6. The molecule has 1 saturated carbocycles. The van der Waals surface area contributed by atoms with E-state index in [-0.39, 0.29) is 24.3 Å². The van der Waals surface area contributed by atoms with Gasteiger partial charge in [-0.15, -0.1) is 0 Å². The summed E-state index contributed by atoms with van der Waals surface area (Å²) < 4.78 is 7.67. The van der Waals surface area contributed by atoms with Gasteiger partial charge in [0.05, 0.1) is 16.8 Å². The summed E-state index contributed by atoms with van der Waals surface area (Å²) in [5, 5.41) is 0.612. The topological polar surface area (TPSA) is 60.7 Å². The molecule has 7 heteroatoms. The van der Waals surface area contributed by atoms with E-state index < -0.39 is 0 Å². The lowest BCUT2D eigenvalue weighted by molar-refractivity contribution is -0.143. The summed E-state index contributed by atoms with van der Waals surface area (Å²) in [6, 6.07) is 5.43. The fraction of sp³-hybridized carbons (Fsp3) is 0.471. The summed E-state index contributed by atoms with van der Waals surface area (Å²) in [7, 11) is 0. The van der Waals surface area contributed by atoms with E-state index in [1.165, 1.54) is 11.3 Å². The predicted molar refractivity (Wildman–Crippen MR) is 94.0 cm³/mol. The molecule has 3 rings (SSSR count). The van der Waals surface area contributed by atoms with Gasteiger partial charge < -0.3 is 9.30 Å². The summed E-state index contributed by atoms with van der Waals surface area (Å²) in [5.41, 5.74) is 0.829. The van der Waals surface area contributed by atoms with Gasteiger partial charge in [-0.1, -0.05) is 35.8 Å². The molecule has 0 saturated heterocycles. The molecule has 2 aromatic rings. The first kappa shape index (κ1) is 17.2. The Bertz CT molecular complexity index is 834. The lowest BCUT2D eigenvalue weighted by Crippen LogP contribution is -2.24. The minimum Gasteiger partial charge on any atom is -0.465 e. The molecule has 1 amide bonds. The number of amides is 1. The highest BCUT2D eigenvalue weighted by molar-refractivity contribution is 7.16. The number of benzene rings is 1. The maximum Gasteiger partial charge on any atom is 0.326 e. The van der Waals surface area contributed by atoms with Crippen molar-refractivity contribution in [2.75, 3.05) is 6.61 Å². The molecule has 0 aliphatic heterocycles. The van der Waals surface area contributed by atoms with Gasteiger partial charge in [-0.05, 0) is 38.0 Å². The van der Waals surface area contributed by atoms with Gasteiger partial charge in [-0.3, -0.25) is 9.59 Å². The van der Waals surface area contributed by atoms with Crippen LogP contribution in [0, 0.1) is 5.92 Å². The summed E-state index contributed by atoms with van der Waals surface area (Å²) >= 11 is 7.42. The van der Waals surface area contributed by atoms with Gasteiger partial charge in [0.2, 0.25) is 0 Å². The number of hydrogen-bond acceptors (Lipinski definition) is 4. The zero-order chi connectivity index (χ0) is 17.1. The number of nitrogens with zero attached hydrogens (tertiary/aromatic N) is 2. The fourth-order valence-electron chi connectivity index (χ4n) is 2.98. The number of carbonyl (C=O) groups excluding carboxylic acids is 2. The van der Waals surface area contributed by atoms with E-state index in [1.807, 2.05) is 12.1 Å². The van der Waals surface area contributed by atoms with Crippen LogP contribution >= 0.6 is 22.9 Å². The van der Waals surface area contributed by atoms with Crippen molar-refractivity contribution in [1.29, 1.82) is 0 Å². The third-order valence-corrected chi connectivity index (χ3v) is 5.42. The molecular formula is C17H19ClN2O3S. The summed E-state index contributed by atoms with van der Waals surface area (Å²) in [4.78, 5) is 29.2. The van der Waals surface area contributed by atoms with E-state index in [0.717, 1.165) is 35.9 Å². The monoisotopic (exact) mass is 366 g/mol. The van der Waals surface area contributed by atoms with Crippen LogP contribution in [0.5, 0.6) is 0 Å². The van der Waals surface area contributed by atoms with Crippen molar-refractivity contribution in [3.05, 3.63) is 28.0 Å². The number of carbonyl (C=O) groups is 2. The third kappa shape index (κ3) is 3.70. The first-order valence-electron chi connectivity index (χ1n) is 8.11. The van der Waals surface area contributed by atoms with E-state index in [9.17, 15) is 9.59 Å². The number of rotatable bonds is 4. The van der Waals surface area contributed by atoms with Crippen LogP contribution in [-0.2, 0) is 20.9 Å². The van der Waals surface area contributed by atoms with Crippen molar-refractivity contribution >= 4 is 45.0 Å². The van der Waals surface area contributed by atoms with Gasteiger partial charge >= 0.3 is 5.97 Å². The van der Waals surface area contributed by atoms with Gasteiger partial charge in [-0.2, -0.15) is 4.99 Å². The van der Waals surface area contributed by atoms with E-state index in [4.69, 9.17) is 16.3 Å². The Hall–Kier alpha value is -1.66. The van der Waals surface area contributed by atoms with Gasteiger partial charge in [0.15, 0.2) is 4.80 Å². The third-order valence-electron chi connectivity index (χ3n) is 4.15. The van der Waals surface area contributed by atoms with Crippen LogP contribution in [0.15, 0.2) is 23.2 Å². The molecule has 0 radical (unpaired) electrons. The molecule has 1 aliphatic rings. The predicted octanol–water partition coefficient (Wildman–Crippen LogP) is 3.54. The minimum absolute atomic E-state index is 0.00911. The highest BCUT2D eigenvalue weighted by atomic mass is 35.5. The van der Waals surface area contributed by atoms with Crippen LogP contribution in [0.25, 0.3) is 10.2 Å². The molecule has 1 aliphatic carbocycles. The molecule has 1 aromatic carbocycles. The highest BCUT2D eigenvalue weighted by Gasteiger charge is 2.22. The second-order valence-electron chi connectivity index (χ2n) is 5.82. The minimum atomic E-state index is -0.345. The average Bonchev–Trinajstić information content (AvgIpc) is 3.16. The van der Waals surface area contributed by atoms with Gasteiger partial charge in [0.25, 0.3) is 5.91 Å². The van der Waals surface area contributed by atoms with E-state index in [2.05, 4.69) is 4.99 Å². The Balaban J connectivity index is 2.04. The Morgan fingerprint density at radius 2 is 2.12 bits per heavy atom. The van der Waals surface area contributed by atoms with E-state index >= 15 is 0 Å². The SMILES string of the molecule is CCOC(=O)Cn1c(=NC(=O)C2CCCC2)sc2cc(Cl)ccc21. The normalized spacial score (nSPS) is 16.0. The number of fused-ring (bicyclic) bond motifs is 1. The second kappa shape index (κ2) is 7.49. The molecule has 24 heavy (non-hydrogen) atoms. The lowest BCUT2D eigenvalue weighted by atomic mass is 10.1. The second-order valence-corrected chi connectivity index (χ2v) is 7.26. The molecule has 128 valence electrons. The first-order valence-corrected chi connectivity index (χ1v) is 9.31. The van der Waals surface area contributed by atoms with Crippen LogP contribution in [0.1, 0.15) is 32.6 Å². The maximum atomic E-state index is 12.4. The number of ether oxygens (including phenoxy) is 1. The van der Waals surface area contributed by atoms with Crippen molar-refractivity contribution < 1.29 is 14.3 Å². The molecule has 1 fully saturated rings. The standard InChI is InChI=1S/C17H19ClN2O3S/c1-2-23-15(21)10-20-13-8-7-12(18)9-14(13)24-17(20)19-16(22)11-5-3-4-6-11/h7-9,11H,2-6,10H2,1H3. The number of thiazole rings is 1. The molecule has 0 atom stereocenters. The molecule has 1 aromatic heterocycles. The smallest absolute Gasteiger partial charge is 0.326 e. The zero-order valence-electron chi connectivity index (χ0n) is 13.5. The van der Waals surface area contributed by atoms with Crippen LogP contribution in [0.2, 0.25) is 5.02 Å². The summed E-state index contributed by atoms with van der Waals surface area (Å²) in [6.07, 6.45) is 3.96. The maximum absolute atomic E-state index is 12.4. The number of esters is 1. The summed E-state index contributed by atoms with van der Waals surface area (Å²) in [5.74, 6) is -0.431. The number of halogens is 1. The van der Waals surface area contributed by atoms with Crippen LogP contribution in [-0.4, -0.2) is 23.1 Å². The van der Waals surface area contributed by atoms with Crippen LogP contribution in [0.3, 0.4) is 0 Å². The lowest BCUT2D eigenvalue weighted by Gasteiger charge is -2.06. The molecule has 0 bridgehead atoms. The zero-order valence-corrected chi connectivity index (χ0v) is 15.0. The quantitative estimate of drug-likeness (QED) is 0.777. The van der Waals surface area contributed by atoms with Crippen LogP contribution < -0.4 is 4.80 Å². The number of aromatic nitrogens is 1. The number of hydrogen-bond donors (Lipinski definition) is 0. The van der Waals surface area contributed by atoms with Crippen molar-refractivity contribution in [3.63, 3.8) is 0 Å². The van der Waals surface area contributed by atoms with Crippen molar-refractivity contribution in [2.45, 2.75) is 39.2 Å². The molecule has 5 nitrogen and oxygen atoms in total. The van der Waals surface area contributed by atoms with Crippen molar-refractivity contribution in [3.8, 4) is 0 Å². The Labute approximate surface area is 148 Å². The molecule has 1 heterocycles. The molecule has 0 N–H and O–H groups in total. The van der Waals surface area contributed by atoms with Crippen molar-refractivity contribution in [2.24, 2.45) is 10.9 Å².